The fourth-order valence-corrected chi connectivity index (χ4v) is 1.54. The maximum Gasteiger partial charge on any atom is 0.318 e. The normalized spacial score (nSPS) is 10.6. The van der Waals surface area contributed by atoms with E-state index in [-0.39, 0.29) is 5.56 Å². The first-order valence-corrected chi connectivity index (χ1v) is 4.32. The molecule has 13 heavy (non-hydrogen) atoms. The number of methoxy groups -OCH3 is 1. The predicted octanol–water partition coefficient (Wildman–Crippen LogP) is 0.794. The third kappa shape index (κ3) is 1.23. The van der Waals surface area contributed by atoms with Gasteiger partial charge in [-0.05, 0) is 22.0 Å². The van der Waals surface area contributed by atoms with Gasteiger partial charge in [-0.15, -0.1) is 5.10 Å². The van der Waals surface area contributed by atoms with Crippen molar-refractivity contribution >= 4 is 21.4 Å². The van der Waals surface area contributed by atoms with Crippen molar-refractivity contribution in [2.24, 2.45) is 0 Å². The van der Waals surface area contributed by atoms with Gasteiger partial charge >= 0.3 is 6.01 Å². The van der Waals surface area contributed by atoms with Gasteiger partial charge in [0.05, 0.1) is 7.11 Å². The molecule has 2 aromatic heterocycles. The van der Waals surface area contributed by atoms with Crippen LogP contribution in [0.4, 0.5) is 0 Å². The van der Waals surface area contributed by atoms with Crippen LogP contribution in [0.3, 0.4) is 0 Å². The van der Waals surface area contributed by atoms with E-state index in [0.717, 1.165) is 4.47 Å². The van der Waals surface area contributed by atoms with Crippen molar-refractivity contribution in [2.45, 2.75) is 0 Å². The molecular formula is C7H6BrN3O2. The number of halogens is 1. The summed E-state index contributed by atoms with van der Waals surface area (Å²) in [6, 6.07) is 2.04. The summed E-state index contributed by atoms with van der Waals surface area (Å²) in [4.78, 5) is 11.2. The Kier molecular flexibility index (Phi) is 1.84. The van der Waals surface area contributed by atoms with Gasteiger partial charge < -0.3 is 4.74 Å². The van der Waals surface area contributed by atoms with E-state index in [2.05, 4.69) is 26.1 Å². The molecule has 0 amide bonds. The van der Waals surface area contributed by atoms with Crippen molar-refractivity contribution in [1.29, 1.82) is 0 Å². The summed E-state index contributed by atoms with van der Waals surface area (Å²) in [5.41, 5.74) is 0.255. The van der Waals surface area contributed by atoms with Gasteiger partial charge in [0.2, 0.25) is 0 Å². The fraction of sp³-hybridized carbons (Fsp3) is 0.143. The monoisotopic (exact) mass is 243 g/mol. The number of ether oxygens (including phenoxy) is 1. The molecule has 0 bridgehead atoms. The first-order valence-electron chi connectivity index (χ1n) is 3.52. The topological polar surface area (TPSA) is 59.4 Å². The summed E-state index contributed by atoms with van der Waals surface area (Å²) in [6.07, 6.45) is 1.72. The van der Waals surface area contributed by atoms with Crippen molar-refractivity contribution < 1.29 is 4.74 Å². The van der Waals surface area contributed by atoms with E-state index < -0.39 is 0 Å². The maximum absolute atomic E-state index is 11.2. The second kappa shape index (κ2) is 2.88. The van der Waals surface area contributed by atoms with E-state index in [1.54, 1.807) is 16.7 Å². The van der Waals surface area contributed by atoms with Crippen LogP contribution in [0.15, 0.2) is 21.5 Å². The zero-order valence-electron chi connectivity index (χ0n) is 6.74. The Morgan fingerprint density at radius 1 is 1.69 bits per heavy atom. The van der Waals surface area contributed by atoms with Gasteiger partial charge in [0.1, 0.15) is 5.52 Å². The summed E-state index contributed by atoms with van der Waals surface area (Å²) in [6.45, 7) is 0. The Morgan fingerprint density at radius 2 is 2.46 bits per heavy atom. The number of nitrogens with zero attached hydrogens (tertiary/aromatic N) is 2. The second-order valence-corrected chi connectivity index (χ2v) is 3.37. The minimum absolute atomic E-state index is 0.244. The van der Waals surface area contributed by atoms with Gasteiger partial charge in [-0.25, -0.2) is 5.10 Å². The third-order valence-electron chi connectivity index (χ3n) is 1.66. The molecule has 0 saturated carbocycles. The number of fused-ring (bicyclic) bond motifs is 1. The van der Waals surface area contributed by atoms with Crippen molar-refractivity contribution in [2.75, 3.05) is 7.11 Å². The standard InChI is InChI=1S/C7H6BrN3O2/c1-13-7-10-9-6(12)5-2-4(8)3-11(5)7/h2-3H,1H3,(H,9,12). The van der Waals surface area contributed by atoms with Crippen molar-refractivity contribution in [3.05, 3.63) is 27.1 Å². The first kappa shape index (κ1) is 8.31. The quantitative estimate of drug-likeness (QED) is 0.806. The molecule has 0 atom stereocenters. The highest BCUT2D eigenvalue weighted by Crippen LogP contribution is 2.16. The van der Waals surface area contributed by atoms with E-state index in [9.17, 15) is 4.79 Å². The molecule has 2 rings (SSSR count). The van der Waals surface area contributed by atoms with Gasteiger partial charge in [-0.3, -0.25) is 9.20 Å². The molecule has 2 aromatic rings. The Balaban J connectivity index is 2.92. The van der Waals surface area contributed by atoms with E-state index in [1.807, 2.05) is 0 Å². The predicted molar refractivity (Wildman–Crippen MR) is 50.1 cm³/mol. The molecule has 2 heterocycles. The van der Waals surface area contributed by atoms with E-state index in [1.165, 1.54) is 7.11 Å². The van der Waals surface area contributed by atoms with Gasteiger partial charge in [0.25, 0.3) is 5.56 Å². The highest BCUT2D eigenvalue weighted by atomic mass is 79.9. The maximum atomic E-state index is 11.2. The second-order valence-electron chi connectivity index (χ2n) is 2.45. The summed E-state index contributed by atoms with van der Waals surface area (Å²) in [7, 11) is 1.49. The van der Waals surface area contributed by atoms with Crippen molar-refractivity contribution in [1.82, 2.24) is 14.6 Å². The molecule has 1 N–H and O–H groups in total. The van der Waals surface area contributed by atoms with Crippen LogP contribution in [0.2, 0.25) is 0 Å². The van der Waals surface area contributed by atoms with Crippen molar-refractivity contribution in [3.8, 4) is 6.01 Å². The van der Waals surface area contributed by atoms with Crippen LogP contribution < -0.4 is 10.3 Å². The highest BCUT2D eigenvalue weighted by molar-refractivity contribution is 9.10. The van der Waals surface area contributed by atoms with Gasteiger partial charge in [0, 0.05) is 10.7 Å². The number of aromatic nitrogens is 3. The van der Waals surface area contributed by atoms with Gasteiger partial charge in [-0.2, -0.15) is 0 Å². The van der Waals surface area contributed by atoms with E-state index in [0.29, 0.717) is 11.5 Å². The number of hydrogen-bond acceptors (Lipinski definition) is 3. The lowest BCUT2D eigenvalue weighted by Gasteiger charge is -1.99. The molecule has 0 aliphatic carbocycles. The summed E-state index contributed by atoms with van der Waals surface area (Å²) in [5.74, 6) is 0. The van der Waals surface area contributed by atoms with Crippen LogP contribution >= 0.6 is 15.9 Å². The molecule has 6 heteroatoms. The number of aromatic amines is 1. The average Bonchev–Trinajstić information content (AvgIpc) is 2.48. The zero-order chi connectivity index (χ0) is 9.42. The number of H-pyrrole nitrogens is 1. The molecule has 0 unspecified atom stereocenters. The molecule has 0 spiro atoms. The number of rotatable bonds is 1. The van der Waals surface area contributed by atoms with Crippen LogP contribution in [0.1, 0.15) is 0 Å². The van der Waals surface area contributed by atoms with Crippen LogP contribution in [0.5, 0.6) is 6.01 Å². The first-order chi connectivity index (χ1) is 6.22. The number of nitrogens with one attached hydrogen (secondary N) is 1. The summed E-state index contributed by atoms with van der Waals surface area (Å²) < 4.78 is 7.34. The Hall–Kier alpha value is -1.30. The fourth-order valence-electron chi connectivity index (χ4n) is 1.12. The number of hydrogen-bond donors (Lipinski definition) is 1. The van der Waals surface area contributed by atoms with Crippen molar-refractivity contribution in [3.63, 3.8) is 0 Å². The van der Waals surface area contributed by atoms with Gasteiger partial charge in [0.15, 0.2) is 0 Å². The van der Waals surface area contributed by atoms with Gasteiger partial charge in [-0.1, -0.05) is 0 Å². The molecule has 0 saturated heterocycles. The van der Waals surface area contributed by atoms with Crippen LogP contribution in [-0.2, 0) is 0 Å². The molecule has 0 aliphatic rings. The molecule has 5 nitrogen and oxygen atoms in total. The molecule has 68 valence electrons. The molecule has 0 aliphatic heterocycles. The molecule has 0 radical (unpaired) electrons. The summed E-state index contributed by atoms with van der Waals surface area (Å²) >= 11 is 3.27. The smallest absolute Gasteiger partial charge is 0.318 e. The SMILES string of the molecule is COc1n[nH]c(=O)c2cc(Br)cn12. The van der Waals surface area contributed by atoms with Crippen LogP contribution in [0, 0.1) is 0 Å². The lowest BCUT2D eigenvalue weighted by molar-refractivity contribution is 0.367. The minimum Gasteiger partial charge on any atom is -0.467 e. The molecule has 0 aromatic carbocycles. The third-order valence-corrected chi connectivity index (χ3v) is 2.09. The summed E-state index contributed by atoms with van der Waals surface area (Å²) in [5, 5.41) is 6.06. The van der Waals surface area contributed by atoms with Crippen LogP contribution in [-0.4, -0.2) is 21.7 Å². The largest absolute Gasteiger partial charge is 0.467 e. The van der Waals surface area contributed by atoms with E-state index in [4.69, 9.17) is 4.74 Å². The Morgan fingerprint density at radius 3 is 3.15 bits per heavy atom. The molecular weight excluding hydrogens is 238 g/mol. The lowest BCUT2D eigenvalue weighted by atomic mass is 10.5. The Bertz CT molecular complexity index is 502. The minimum atomic E-state index is -0.244. The van der Waals surface area contributed by atoms with E-state index >= 15 is 0 Å². The average molecular weight is 244 g/mol. The zero-order valence-corrected chi connectivity index (χ0v) is 8.33. The highest BCUT2D eigenvalue weighted by Gasteiger charge is 2.06. The Labute approximate surface area is 81.5 Å². The molecule has 0 fully saturated rings. The van der Waals surface area contributed by atoms with Crippen LogP contribution in [0.25, 0.3) is 5.52 Å². The lowest BCUT2D eigenvalue weighted by Crippen LogP contribution is -2.12.